The first-order valence-corrected chi connectivity index (χ1v) is 13.2. The van der Waals surface area contributed by atoms with E-state index in [2.05, 4.69) is 69.0 Å². The molecule has 4 aromatic heterocycles. The zero-order valence-corrected chi connectivity index (χ0v) is 21.1. The second-order valence-corrected chi connectivity index (χ2v) is 10.4. The van der Waals surface area contributed by atoms with E-state index in [1.807, 2.05) is 30.3 Å². The van der Waals surface area contributed by atoms with Crippen molar-refractivity contribution in [3.63, 3.8) is 0 Å². The van der Waals surface area contributed by atoms with Gasteiger partial charge in [0.05, 0.1) is 5.56 Å². The van der Waals surface area contributed by atoms with Crippen LogP contribution in [0.2, 0.25) is 0 Å². The summed E-state index contributed by atoms with van der Waals surface area (Å²) in [5, 5.41) is 1.60. The number of pyridine rings is 3. The Bertz CT molecular complexity index is 2280. The summed E-state index contributed by atoms with van der Waals surface area (Å²) in [5.74, 6) is -0.299. The van der Waals surface area contributed by atoms with Gasteiger partial charge in [-0.3, -0.25) is 0 Å². The van der Waals surface area contributed by atoms with Crippen LogP contribution in [0.3, 0.4) is 0 Å². The molecule has 5 heteroatoms. The van der Waals surface area contributed by atoms with Crippen LogP contribution in [-0.2, 0) is 5.66 Å². The smallest absolute Gasteiger partial charge is 0.417 e. The van der Waals surface area contributed by atoms with Crippen molar-refractivity contribution in [1.82, 2.24) is 4.98 Å². The number of aromatic nitrogens is 3. The first kappa shape index (κ1) is 19.0. The summed E-state index contributed by atoms with van der Waals surface area (Å²) in [5.41, 5.74) is 7.97. The molecule has 6 heterocycles. The molecule has 9 rings (SSSR count). The molecule has 1 unspecified atom stereocenters. The normalized spacial score (nSPS) is 17.8. The largest absolute Gasteiger partial charge is 0.437 e. The van der Waals surface area contributed by atoms with Crippen LogP contribution in [0.4, 0.5) is 4.39 Å². The second-order valence-electron chi connectivity index (χ2n) is 10.4. The van der Waals surface area contributed by atoms with Crippen LogP contribution in [0.15, 0.2) is 120 Å². The van der Waals surface area contributed by atoms with Crippen LogP contribution >= 0.6 is 0 Å². The molecule has 2 aliphatic heterocycles. The number of furan rings is 1. The van der Waals surface area contributed by atoms with Crippen molar-refractivity contribution in [3.8, 4) is 33.6 Å². The summed E-state index contributed by atoms with van der Waals surface area (Å²) >= 11 is 0. The van der Waals surface area contributed by atoms with Crippen LogP contribution in [0.1, 0.15) is 20.9 Å². The summed E-state index contributed by atoms with van der Waals surface area (Å²) in [4.78, 5) is 4.42. The van der Waals surface area contributed by atoms with Crippen LogP contribution in [0, 0.1) is 12.7 Å². The summed E-state index contributed by atoms with van der Waals surface area (Å²) in [6.45, 7) is -2.35. The minimum Gasteiger partial charge on any atom is -0.437 e. The molecule has 3 aromatic carbocycles. The maximum Gasteiger partial charge on any atom is 0.417 e. The molecule has 0 N–H and O–H groups in total. The van der Waals surface area contributed by atoms with Gasteiger partial charge in [0.15, 0.2) is 18.0 Å². The molecule has 0 saturated carbocycles. The van der Waals surface area contributed by atoms with Crippen molar-refractivity contribution in [2.45, 2.75) is 12.5 Å². The monoisotopic (exact) mass is 522 g/mol. The third-order valence-electron chi connectivity index (χ3n) is 8.39. The molecule has 0 radical (unpaired) electrons. The summed E-state index contributed by atoms with van der Waals surface area (Å²) in [6.07, 6.45) is 4.18. The van der Waals surface area contributed by atoms with E-state index in [0.717, 1.165) is 55.5 Å². The average molecular weight is 523 g/mol. The van der Waals surface area contributed by atoms with Gasteiger partial charge in [-0.15, -0.1) is 9.13 Å². The van der Waals surface area contributed by atoms with Gasteiger partial charge in [0.1, 0.15) is 22.5 Å². The first-order valence-electron chi connectivity index (χ1n) is 14.7. The summed E-state index contributed by atoms with van der Waals surface area (Å²) in [6, 6.07) is 32.9. The molecular weight excluding hydrogens is 497 g/mol. The molecule has 7 aromatic rings. The van der Waals surface area contributed by atoms with Gasteiger partial charge in [-0.1, -0.05) is 24.3 Å². The fourth-order valence-electron chi connectivity index (χ4n) is 6.82. The maximum absolute atomic E-state index is 14.3. The SMILES string of the molecule is [2H]C([2H])([2H])c1ccc2c(n1)oc1c3c(ccc12)C1(c2ccccc2-c2cccc[n+]21)[n+]1ccc(-c2cccc(F)c2)cc1-3. The molecule has 0 aliphatic carbocycles. The van der Waals surface area contributed by atoms with Crippen LogP contribution in [-0.4, -0.2) is 4.98 Å². The van der Waals surface area contributed by atoms with Gasteiger partial charge in [-0.2, -0.15) is 0 Å². The standard InChI is InChI=1S/C35H22FN3O/c1-21-12-13-26-25-14-15-29-32(33(25)40-34(26)37-21)31-20-23(22-7-6-8-24(36)19-22)16-18-39(31)35(29)28-10-3-2-9-27(28)30-11-4-5-17-38(30)35/h2-20H,1H3/q+2/i1D3. The Morgan fingerprint density at radius 3 is 2.52 bits per heavy atom. The van der Waals surface area contributed by atoms with E-state index in [9.17, 15) is 4.39 Å². The molecule has 0 fully saturated rings. The number of benzene rings is 3. The molecule has 4 nitrogen and oxygen atoms in total. The highest BCUT2D eigenvalue weighted by Gasteiger charge is 2.67. The van der Waals surface area contributed by atoms with E-state index in [4.69, 9.17) is 8.53 Å². The molecule has 0 bridgehead atoms. The van der Waals surface area contributed by atoms with Gasteiger partial charge in [0.2, 0.25) is 17.1 Å². The number of rotatable bonds is 1. The summed E-state index contributed by atoms with van der Waals surface area (Å²) < 4.78 is 49.0. The molecule has 188 valence electrons. The number of nitrogens with zero attached hydrogens (tertiary/aromatic N) is 3. The van der Waals surface area contributed by atoms with Crippen molar-refractivity contribution in [2.24, 2.45) is 0 Å². The van der Waals surface area contributed by atoms with Crippen LogP contribution < -0.4 is 9.13 Å². The van der Waals surface area contributed by atoms with Crippen molar-refractivity contribution in [1.29, 1.82) is 0 Å². The van der Waals surface area contributed by atoms with Crippen molar-refractivity contribution in [2.75, 3.05) is 0 Å². The molecular formula is C35H22FN3O+2. The van der Waals surface area contributed by atoms with Gasteiger partial charge in [-0.25, -0.2) is 9.37 Å². The van der Waals surface area contributed by atoms with Gasteiger partial charge < -0.3 is 4.42 Å². The predicted molar refractivity (Wildman–Crippen MR) is 151 cm³/mol. The lowest BCUT2D eigenvalue weighted by molar-refractivity contribution is -0.955. The number of hydrogen-bond acceptors (Lipinski definition) is 2. The van der Waals surface area contributed by atoms with Gasteiger partial charge in [-0.05, 0) is 72.6 Å². The number of hydrogen-bond donors (Lipinski definition) is 0. The van der Waals surface area contributed by atoms with Crippen LogP contribution in [0.5, 0.6) is 0 Å². The Kier molecular flexibility index (Phi) is 3.55. The Balaban J connectivity index is 1.43. The molecule has 2 aliphatic rings. The van der Waals surface area contributed by atoms with Gasteiger partial charge in [0.25, 0.3) is 0 Å². The fraction of sp³-hybridized carbons (Fsp3) is 0.0571. The predicted octanol–water partition coefficient (Wildman–Crippen LogP) is 6.93. The lowest BCUT2D eigenvalue weighted by Crippen LogP contribution is -2.71. The molecule has 0 saturated heterocycles. The average Bonchev–Trinajstić information content (AvgIpc) is 3.64. The van der Waals surface area contributed by atoms with Crippen molar-refractivity contribution in [3.05, 3.63) is 138 Å². The lowest BCUT2D eigenvalue weighted by Gasteiger charge is -2.17. The van der Waals surface area contributed by atoms with Gasteiger partial charge in [0, 0.05) is 44.8 Å². The minimum absolute atomic E-state index is 0.00968. The Morgan fingerprint density at radius 1 is 0.750 bits per heavy atom. The number of aryl methyl sites for hydroxylation is 1. The van der Waals surface area contributed by atoms with Crippen molar-refractivity contribution < 1.29 is 22.1 Å². The number of fused-ring (bicyclic) bond motifs is 14. The van der Waals surface area contributed by atoms with E-state index in [1.54, 1.807) is 18.2 Å². The van der Waals surface area contributed by atoms with E-state index in [0.29, 0.717) is 5.58 Å². The zero-order chi connectivity index (χ0) is 29.1. The van der Waals surface area contributed by atoms with E-state index < -0.39 is 12.5 Å². The highest BCUT2D eigenvalue weighted by Crippen LogP contribution is 2.50. The van der Waals surface area contributed by atoms with E-state index in [1.165, 1.54) is 12.1 Å². The second kappa shape index (κ2) is 7.48. The third kappa shape index (κ3) is 2.57. The highest BCUT2D eigenvalue weighted by molar-refractivity contribution is 6.09. The third-order valence-corrected chi connectivity index (χ3v) is 8.39. The maximum atomic E-state index is 14.3. The Labute approximate surface area is 233 Å². The lowest BCUT2D eigenvalue weighted by atomic mass is 9.89. The zero-order valence-electron chi connectivity index (χ0n) is 24.1. The first-order chi connectivity index (χ1) is 20.9. The Morgan fingerprint density at radius 2 is 1.60 bits per heavy atom. The topological polar surface area (TPSA) is 33.8 Å². The van der Waals surface area contributed by atoms with Crippen molar-refractivity contribution >= 4 is 22.1 Å². The van der Waals surface area contributed by atoms with E-state index >= 15 is 0 Å². The number of halogens is 1. The Hall–Kier alpha value is -5.16. The quantitative estimate of drug-likeness (QED) is 0.219. The van der Waals surface area contributed by atoms with Gasteiger partial charge >= 0.3 is 5.66 Å². The van der Waals surface area contributed by atoms with Crippen LogP contribution in [0.25, 0.3) is 55.7 Å². The minimum atomic E-state index is -2.35. The molecule has 1 spiro atoms. The molecule has 1 atom stereocenters. The highest BCUT2D eigenvalue weighted by atomic mass is 19.1. The molecule has 0 amide bonds. The fourth-order valence-corrected chi connectivity index (χ4v) is 6.82. The summed E-state index contributed by atoms with van der Waals surface area (Å²) in [7, 11) is 0. The molecule has 40 heavy (non-hydrogen) atoms. The van der Waals surface area contributed by atoms with E-state index in [-0.39, 0.29) is 17.2 Å².